The number of fused-ring (bicyclic) bond motifs is 13. The third-order valence-electron chi connectivity index (χ3n) is 11.5. The van der Waals surface area contributed by atoms with Crippen LogP contribution in [0.4, 0.5) is 17.1 Å². The fourth-order valence-corrected chi connectivity index (χ4v) is 11.4. The van der Waals surface area contributed by atoms with Crippen molar-refractivity contribution in [2.24, 2.45) is 0 Å². The van der Waals surface area contributed by atoms with Gasteiger partial charge in [-0.3, -0.25) is 0 Å². The molecule has 2 aliphatic rings. The van der Waals surface area contributed by atoms with Crippen LogP contribution in [0.2, 0.25) is 0 Å². The third kappa shape index (κ3) is 4.94. The van der Waals surface area contributed by atoms with Crippen LogP contribution in [-0.4, -0.2) is 0 Å². The van der Waals surface area contributed by atoms with Crippen molar-refractivity contribution < 1.29 is 11.3 Å². The molecule has 0 fully saturated rings. The summed E-state index contributed by atoms with van der Waals surface area (Å²) in [6.07, 6.45) is 0. The molecule has 9 aromatic carbocycles. The number of anilines is 3. The van der Waals surface area contributed by atoms with Crippen molar-refractivity contribution in [3.05, 3.63) is 222 Å². The van der Waals surface area contributed by atoms with E-state index in [1.165, 1.54) is 41.8 Å². The molecule has 0 unspecified atom stereocenters. The molecule has 57 heavy (non-hydrogen) atoms. The minimum atomic E-state index is -0.603. The Hall–Kier alpha value is -6.46. The molecule has 3 heterocycles. The molecule has 1 aromatic heterocycles. The molecule has 4 heteroatoms. The van der Waals surface area contributed by atoms with Crippen molar-refractivity contribution >= 4 is 73.3 Å². The third-order valence-corrected chi connectivity index (χ3v) is 13.8. The lowest BCUT2D eigenvalue weighted by atomic mass is 9.64. The van der Waals surface area contributed by atoms with Gasteiger partial charge in [0.1, 0.15) is 11.2 Å². The molecule has 0 saturated heterocycles. The number of nitrogens with zero attached hydrogens (tertiary/aromatic N) is 1. The van der Waals surface area contributed by atoms with Gasteiger partial charge in [0.2, 0.25) is 0 Å². The van der Waals surface area contributed by atoms with Crippen LogP contribution in [0.1, 0.15) is 29.1 Å². The first-order valence-corrected chi connectivity index (χ1v) is 20.5. The molecular formula is C53H33NOS2. The Kier molecular flexibility index (Phi) is 6.28. The molecule has 0 aliphatic carbocycles. The van der Waals surface area contributed by atoms with Gasteiger partial charge in [-0.25, -0.2) is 0 Å². The Morgan fingerprint density at radius 2 is 1.02 bits per heavy atom. The van der Waals surface area contributed by atoms with Gasteiger partial charge in [0.25, 0.3) is 0 Å². The first-order chi connectivity index (χ1) is 30.3. The predicted octanol–water partition coefficient (Wildman–Crippen LogP) is 15.2. The summed E-state index contributed by atoms with van der Waals surface area (Å²) in [4.78, 5) is 7.13. The molecule has 0 saturated carbocycles. The fraction of sp³-hybridized carbons (Fsp3) is 0.0189. The molecule has 10 aromatic rings. The molecule has 12 rings (SSSR count). The molecule has 2 aliphatic heterocycles. The van der Waals surface area contributed by atoms with E-state index >= 15 is 0 Å². The first kappa shape index (κ1) is 28.0. The molecule has 0 radical (unpaired) electrons. The highest BCUT2D eigenvalue weighted by Crippen LogP contribution is 2.62. The second kappa shape index (κ2) is 12.8. The zero-order chi connectivity index (χ0) is 41.9. The molecular weight excluding hydrogens is 731 g/mol. The van der Waals surface area contributed by atoms with Gasteiger partial charge in [-0.15, -0.1) is 0 Å². The molecule has 0 amide bonds. The Bertz CT molecular complexity index is 3380. The van der Waals surface area contributed by atoms with Gasteiger partial charge in [-0.2, -0.15) is 0 Å². The molecule has 0 N–H and O–H groups in total. The average molecular weight is 769 g/mol. The van der Waals surface area contributed by atoms with Crippen molar-refractivity contribution in [3.63, 3.8) is 0 Å². The van der Waals surface area contributed by atoms with Gasteiger partial charge >= 0.3 is 0 Å². The van der Waals surface area contributed by atoms with E-state index in [4.69, 9.17) is 11.3 Å². The number of hydrogen-bond donors (Lipinski definition) is 0. The average Bonchev–Trinajstić information content (AvgIpc) is 3.69. The van der Waals surface area contributed by atoms with Crippen LogP contribution in [0.15, 0.2) is 224 Å². The summed E-state index contributed by atoms with van der Waals surface area (Å²) in [5, 5.41) is 4.20. The van der Waals surface area contributed by atoms with Gasteiger partial charge in [-0.1, -0.05) is 151 Å². The maximum absolute atomic E-state index is 8.70. The topological polar surface area (TPSA) is 16.4 Å². The van der Waals surface area contributed by atoms with Crippen LogP contribution in [0.25, 0.3) is 43.8 Å². The monoisotopic (exact) mass is 768 g/mol. The fourth-order valence-electron chi connectivity index (χ4n) is 8.99. The lowest BCUT2D eigenvalue weighted by Crippen LogP contribution is -2.36. The van der Waals surface area contributed by atoms with E-state index in [1.54, 1.807) is 11.8 Å². The summed E-state index contributed by atoms with van der Waals surface area (Å²) in [6.45, 7) is 0. The van der Waals surface area contributed by atoms with E-state index in [1.807, 2.05) is 54.2 Å². The summed E-state index contributed by atoms with van der Waals surface area (Å²) >= 11 is 3.63. The normalized spacial score (nSPS) is 14.8. The Morgan fingerprint density at radius 1 is 0.439 bits per heavy atom. The largest absolute Gasteiger partial charge is 0.455 e. The predicted molar refractivity (Wildman–Crippen MR) is 238 cm³/mol. The van der Waals surface area contributed by atoms with E-state index in [0.717, 1.165) is 49.8 Å². The second-order valence-electron chi connectivity index (χ2n) is 14.5. The maximum Gasteiger partial charge on any atom is 0.143 e. The molecule has 0 bridgehead atoms. The number of rotatable bonds is 4. The van der Waals surface area contributed by atoms with Crippen LogP contribution < -0.4 is 4.90 Å². The minimum absolute atomic E-state index is 0.173. The smallest absolute Gasteiger partial charge is 0.143 e. The van der Waals surface area contributed by atoms with Gasteiger partial charge in [-0.05, 0) is 112 Å². The Morgan fingerprint density at radius 3 is 1.72 bits per heavy atom. The number of hydrogen-bond acceptors (Lipinski definition) is 4. The maximum atomic E-state index is 8.70. The highest BCUT2D eigenvalue weighted by Gasteiger charge is 2.48. The lowest BCUT2D eigenvalue weighted by molar-refractivity contribution is 0.667. The first-order valence-electron chi connectivity index (χ1n) is 21.4. The van der Waals surface area contributed by atoms with Crippen molar-refractivity contribution in [1.82, 2.24) is 0 Å². The molecule has 268 valence electrons. The number of furan rings is 1. The van der Waals surface area contributed by atoms with Crippen molar-refractivity contribution in [3.8, 4) is 11.1 Å². The van der Waals surface area contributed by atoms with Gasteiger partial charge in [0.15, 0.2) is 0 Å². The zero-order valence-corrected chi connectivity index (χ0v) is 32.0. The van der Waals surface area contributed by atoms with Crippen LogP contribution in [0.5, 0.6) is 0 Å². The van der Waals surface area contributed by atoms with E-state index in [-0.39, 0.29) is 29.7 Å². The SMILES string of the molecule is [2H]c1c([2H])c([2H])c(-c2ccc(N(c3ccc4c(c3)C3(c5ccccc5Sc5ccccc53)c3ccccc3S4)c3ccc4oc5c6ccccc6ccc5c4c3)cc2)c([2H])c1[2H]. The van der Waals surface area contributed by atoms with Crippen molar-refractivity contribution in [2.75, 3.05) is 4.90 Å². The summed E-state index contributed by atoms with van der Waals surface area (Å²) in [5.41, 5.74) is 9.42. The number of benzene rings is 9. The zero-order valence-electron chi connectivity index (χ0n) is 35.3. The molecule has 0 atom stereocenters. The van der Waals surface area contributed by atoms with Crippen LogP contribution in [0.3, 0.4) is 0 Å². The van der Waals surface area contributed by atoms with Crippen LogP contribution >= 0.6 is 23.5 Å². The van der Waals surface area contributed by atoms with Crippen LogP contribution in [0, 0.1) is 0 Å². The minimum Gasteiger partial charge on any atom is -0.455 e. The quantitative estimate of drug-likeness (QED) is 0.177. The Labute approximate surface area is 346 Å². The van der Waals surface area contributed by atoms with Gasteiger partial charge < -0.3 is 9.32 Å². The van der Waals surface area contributed by atoms with Gasteiger partial charge in [0.05, 0.1) is 12.3 Å². The second-order valence-corrected chi connectivity index (χ2v) is 16.6. The van der Waals surface area contributed by atoms with Crippen LogP contribution in [-0.2, 0) is 5.41 Å². The van der Waals surface area contributed by atoms with Gasteiger partial charge in [0, 0.05) is 52.8 Å². The molecule has 2 nitrogen and oxygen atoms in total. The summed E-state index contributed by atoms with van der Waals surface area (Å²) in [6, 6.07) is 58.2. The summed E-state index contributed by atoms with van der Waals surface area (Å²) < 4.78 is 48.8. The highest BCUT2D eigenvalue weighted by atomic mass is 32.2. The summed E-state index contributed by atoms with van der Waals surface area (Å²) in [7, 11) is 0. The Balaban J connectivity index is 1.11. The standard InChI is InChI=1S/C53H33NOS2/c1-2-12-34(13-3-1)35-22-25-37(26-23-35)54(38-27-30-47-42(32-38)41-29-24-36-14-4-5-15-40(36)52(41)55-47)39-28-31-51-46(33-39)53(45-18-8-11-21-50(45)57-51)43-16-6-9-19-48(43)56-49-20-10-7-17-44(49)53/h1-33H/i1D,2D,3D,12D,13D. The van der Waals surface area contributed by atoms with E-state index < -0.39 is 11.5 Å². The van der Waals surface area contributed by atoms with Crippen molar-refractivity contribution in [2.45, 2.75) is 25.0 Å². The van der Waals surface area contributed by atoms with E-state index in [0.29, 0.717) is 5.56 Å². The van der Waals surface area contributed by atoms with E-state index in [2.05, 4.69) is 132 Å². The van der Waals surface area contributed by atoms with E-state index in [9.17, 15) is 0 Å². The molecule has 1 spiro atoms. The lowest BCUT2D eigenvalue weighted by Gasteiger charge is -2.46. The highest BCUT2D eigenvalue weighted by molar-refractivity contribution is 8.00. The summed E-state index contributed by atoms with van der Waals surface area (Å²) in [5.74, 6) is 0. The van der Waals surface area contributed by atoms with Crippen molar-refractivity contribution in [1.29, 1.82) is 0 Å².